The van der Waals surface area contributed by atoms with E-state index >= 15 is 4.39 Å². The van der Waals surface area contributed by atoms with Gasteiger partial charge < -0.3 is 71.9 Å². The monoisotopic (exact) mass is 2020 g/mol. The lowest BCUT2D eigenvalue weighted by Crippen LogP contribution is -2.27. The minimum atomic E-state index is -4.72. The number of nitrogens with zero attached hydrogens (tertiary/aromatic N) is 10. The highest BCUT2D eigenvalue weighted by Crippen LogP contribution is 2.38. The fourth-order valence-electron chi connectivity index (χ4n) is 13.0. The maximum absolute atomic E-state index is 15.0. The van der Waals surface area contributed by atoms with Crippen LogP contribution in [0, 0.1) is 11.6 Å². The van der Waals surface area contributed by atoms with Gasteiger partial charge in [-0.2, -0.15) is 54.5 Å². The van der Waals surface area contributed by atoms with Crippen LogP contribution in [-0.4, -0.2) is 167 Å². The number of carbonyl (C=O) groups excluding carboxylic acids is 6. The van der Waals surface area contributed by atoms with E-state index in [1.807, 2.05) is 0 Å². The van der Waals surface area contributed by atoms with E-state index in [9.17, 15) is 95.5 Å². The molecule has 3 heterocycles. The van der Waals surface area contributed by atoms with Crippen molar-refractivity contribution in [3.8, 4) is 33.4 Å². The highest BCUT2D eigenvalue weighted by atomic mass is 32.2. The van der Waals surface area contributed by atoms with Gasteiger partial charge in [-0.25, -0.2) is 50.7 Å². The molecule has 0 aliphatic heterocycles. The van der Waals surface area contributed by atoms with Crippen molar-refractivity contribution < 1.29 is 114 Å². The number of alkyl halides is 9. The second kappa shape index (κ2) is 47.9. The van der Waals surface area contributed by atoms with Crippen LogP contribution in [0.2, 0.25) is 0 Å². The van der Waals surface area contributed by atoms with Crippen LogP contribution in [-0.2, 0) is 95.6 Å². The van der Waals surface area contributed by atoms with Gasteiger partial charge in [-0.05, 0) is 189 Å². The van der Waals surface area contributed by atoms with E-state index in [1.54, 1.807) is 176 Å². The van der Waals surface area contributed by atoms with Crippen molar-refractivity contribution >= 4 is 135 Å². The summed E-state index contributed by atoms with van der Waals surface area (Å²) >= 11 is 0. The van der Waals surface area contributed by atoms with Gasteiger partial charge >= 0.3 is 36.8 Å². The van der Waals surface area contributed by atoms with Crippen LogP contribution in [0.25, 0.3) is 33.4 Å². The van der Waals surface area contributed by atoms with E-state index in [-0.39, 0.29) is 97.5 Å². The molecule has 5 atom stereocenters. The van der Waals surface area contributed by atoms with Crippen molar-refractivity contribution in [3.05, 3.63) is 270 Å². The Morgan fingerprint density at radius 1 is 0.426 bits per heavy atom. The number of carbonyl (C=O) groups is 6. The van der Waals surface area contributed by atoms with Gasteiger partial charge in [0.2, 0.25) is 35.6 Å². The normalized spacial score (nSPS) is 13.0. The molecule has 744 valence electrons. The average Bonchev–Trinajstić information content (AvgIpc) is 0.794. The first-order chi connectivity index (χ1) is 66.7. The summed E-state index contributed by atoms with van der Waals surface area (Å²) in [7, 11) is -6.16. The van der Waals surface area contributed by atoms with Gasteiger partial charge in [0.05, 0.1) is 104 Å². The molecule has 12 aromatic rings. The van der Waals surface area contributed by atoms with Gasteiger partial charge in [-0.1, -0.05) is 84.9 Å². The van der Waals surface area contributed by atoms with Crippen LogP contribution in [0.1, 0.15) is 68.0 Å². The predicted molar refractivity (Wildman–Crippen MR) is 513 cm³/mol. The number of aliphatic hydroxyl groups excluding tert-OH is 2. The smallest absolute Gasteiger partial charge is 0.442 e. The molecule has 12 rings (SSSR count). The number of rotatable bonds is 31. The zero-order chi connectivity index (χ0) is 103. The number of nitrogens with one attached hydrogen (secondary N) is 8. The molecule has 0 aliphatic carbocycles. The standard InChI is InChI=1S/C33H35F3N6O5S.C32H33F3N6O5S.C30H27F5N6O4S/c1-5-47-32(45)41-48(4,46)27-11-7-10-25(18-27)39-31-37-19-28(30(40-31)38-21(2)20-43)23-12-14-26(15-13-23)42(3)29(44)17-22-8-6-9-24(16-22)33(34,35)36;1-4-46-31(44)41-47(3,45)26-10-6-9-25(17-26)39-30-36-18-27(29(40-30)37-20(2)19-42)22-11-13-24(14-12-22)38-28(43)16-21-7-5-8-23(15-21)32(33,34)35;1-4-45-29(43)41-46(3,44)21-7-5-6-20(15-21)38-28-37-16-22(27(36-2)40-28)17-8-11-25(24(32)13-17)39-26(42)14-18-12-19(30(33,34)35)9-10-23(18)31/h6-16,18-19,21,43H,5,17,20H2,1-4H3,(H2,37,38,39,40);5-15,17-18,20,42H,4,16,19H2,1-3H3,(H,38,43)(H2,36,37,39,40);5-13,15-16H,4,14H2,1-3H3,(H,39,42)(H2,36,37,38,40). The summed E-state index contributed by atoms with van der Waals surface area (Å²) in [5.41, 5.74) is 2.57. The number of likely N-dealkylation sites (N-methyl/N-ethyl adjacent to an activating group) is 1. The first kappa shape index (κ1) is 108. The molecule has 3 aromatic heterocycles. The van der Waals surface area contributed by atoms with Crippen LogP contribution in [0.15, 0.2) is 253 Å². The molecule has 5 unspecified atom stereocenters. The van der Waals surface area contributed by atoms with Gasteiger partial charge in [0.1, 0.15) is 29.1 Å². The zero-order valence-corrected chi connectivity index (χ0v) is 79.3. The van der Waals surface area contributed by atoms with Crippen LogP contribution in [0.3, 0.4) is 0 Å². The third kappa shape index (κ3) is 31.2. The maximum atomic E-state index is 15.0. The zero-order valence-electron chi connectivity index (χ0n) is 76.8. The first-order valence-corrected chi connectivity index (χ1v) is 48.3. The van der Waals surface area contributed by atoms with Crippen molar-refractivity contribution in [2.75, 3.05) is 113 Å². The number of halogens is 11. The van der Waals surface area contributed by atoms with Gasteiger partial charge in [0.15, 0.2) is 0 Å². The molecule has 10 N–H and O–H groups in total. The van der Waals surface area contributed by atoms with E-state index in [0.717, 1.165) is 30.3 Å². The number of ether oxygens (including phenoxy) is 3. The molecule has 9 aromatic carbocycles. The summed E-state index contributed by atoms with van der Waals surface area (Å²) in [5, 5.41) is 42.6. The molecule has 6 amide bonds. The van der Waals surface area contributed by atoms with E-state index < -0.39 is 124 Å². The molecule has 0 aliphatic rings. The third-order valence-electron chi connectivity index (χ3n) is 20.0. The van der Waals surface area contributed by atoms with E-state index in [1.165, 1.54) is 72.3 Å². The van der Waals surface area contributed by atoms with Gasteiger partial charge in [0.25, 0.3) is 0 Å². The van der Waals surface area contributed by atoms with Crippen LogP contribution in [0.4, 0.5) is 132 Å². The van der Waals surface area contributed by atoms with Crippen molar-refractivity contribution in [2.24, 2.45) is 13.1 Å². The van der Waals surface area contributed by atoms with E-state index in [0.29, 0.717) is 107 Å². The molecular weight excluding hydrogens is 1920 g/mol. The summed E-state index contributed by atoms with van der Waals surface area (Å²) in [5.74, 6) is -2.09. The fraction of sp³-hybridized carbons (Fsp3) is 0.242. The lowest BCUT2D eigenvalue weighted by Gasteiger charge is -2.19. The summed E-state index contributed by atoms with van der Waals surface area (Å²) < 4.78 is 211. The molecule has 0 radical (unpaired) electrons. The molecule has 0 saturated carbocycles. The Kier molecular flexibility index (Phi) is 36.7. The minimum Gasteiger partial charge on any atom is -0.448 e. The number of hydrogen-bond donors (Lipinski definition) is 10. The molecule has 0 fully saturated rings. The Labute approximate surface area is 803 Å². The van der Waals surface area contributed by atoms with Crippen molar-refractivity contribution in [1.29, 1.82) is 0 Å². The average molecular weight is 2020 g/mol. The number of amides is 6. The maximum Gasteiger partial charge on any atom is 0.442 e. The number of aromatic nitrogens is 6. The van der Waals surface area contributed by atoms with Crippen molar-refractivity contribution in [1.82, 2.24) is 29.9 Å². The Balaban J connectivity index is 0.000000218. The molecule has 0 saturated heterocycles. The number of anilines is 12. The van der Waals surface area contributed by atoms with Crippen LogP contribution < -0.4 is 47.4 Å². The Hall–Kier alpha value is -15.2. The summed E-state index contributed by atoms with van der Waals surface area (Å²) in [6.45, 7) is 8.30. The second-order valence-electron chi connectivity index (χ2n) is 30.9. The molecule has 32 nitrogen and oxygen atoms in total. The number of benzene rings is 9. The number of hydrogen-bond acceptors (Lipinski definition) is 26. The summed E-state index contributed by atoms with van der Waals surface area (Å²) in [4.78, 5) is 102. The Morgan fingerprint density at radius 3 is 1.20 bits per heavy atom. The third-order valence-corrected chi connectivity index (χ3v) is 24.9. The highest BCUT2D eigenvalue weighted by molar-refractivity contribution is 7.93. The van der Waals surface area contributed by atoms with Crippen LogP contribution in [0.5, 0.6) is 0 Å². The van der Waals surface area contributed by atoms with Gasteiger partial charge in [0, 0.05) is 123 Å². The molecule has 141 heavy (non-hydrogen) atoms. The number of aliphatic hydroxyl groups is 2. The van der Waals surface area contributed by atoms with Gasteiger partial charge in [-0.15, -0.1) is 13.1 Å². The largest absolute Gasteiger partial charge is 0.448 e. The molecule has 0 spiro atoms. The highest BCUT2D eigenvalue weighted by Gasteiger charge is 2.34. The summed E-state index contributed by atoms with van der Waals surface area (Å²) in [6.07, 6.45) is -9.19. The fourth-order valence-corrected chi connectivity index (χ4v) is 16.3. The Morgan fingerprint density at radius 2 is 0.801 bits per heavy atom. The lowest BCUT2D eigenvalue weighted by atomic mass is 10.1. The minimum absolute atomic E-state index is 0.0859. The summed E-state index contributed by atoms with van der Waals surface area (Å²) in [6, 6.07) is 47.0. The lowest BCUT2D eigenvalue weighted by molar-refractivity contribution is -0.138. The molecular formula is C95H95F11N18O14S3. The Bertz CT molecular complexity index is 6970. The predicted octanol–water partition coefficient (Wildman–Crippen LogP) is 20.0. The quantitative estimate of drug-likeness (QED) is 0.0142. The van der Waals surface area contributed by atoms with E-state index in [4.69, 9.17) is 14.2 Å². The molecule has 0 bridgehead atoms. The first-order valence-electron chi connectivity index (χ1n) is 42.5. The van der Waals surface area contributed by atoms with Crippen molar-refractivity contribution in [2.45, 2.75) is 99.2 Å². The topological polar surface area (TPSA) is 436 Å². The van der Waals surface area contributed by atoms with Gasteiger partial charge in [-0.3, -0.25) is 14.4 Å². The molecule has 46 heteroatoms. The second-order valence-corrected chi connectivity index (χ2v) is 37.7. The van der Waals surface area contributed by atoms with E-state index in [2.05, 4.69) is 85.5 Å². The SMILES string of the molecule is CCOC(=O)N=S(C)(=O)c1cccc(Nc2ncc(-c3ccc(N(C)C(=O)Cc4cccc(C(F)(F)F)c4)cc3)c(NC(C)CO)n2)c1.CCOC(=O)N=S(C)(=O)c1cccc(Nc2ncc(-c3ccc(NC(=O)Cc4cc(C(F)(F)F)ccc4F)c(F)c3)c(NC)n2)c1.CCOC(=O)N=S(C)(=O)c1cccc(Nc2ncc(-c3ccc(NC(=O)Cc4cccc(C(F)(F)F)c4)cc3)c(NC(C)CO)n2)c1. The van der Waals surface area contributed by atoms with Crippen LogP contribution >= 0.6 is 0 Å². The van der Waals surface area contributed by atoms with Crippen molar-refractivity contribution in [3.63, 3.8) is 0 Å².